The van der Waals surface area contributed by atoms with Gasteiger partial charge in [0.2, 0.25) is 5.91 Å². The quantitative estimate of drug-likeness (QED) is 0.675. The fourth-order valence-electron chi connectivity index (χ4n) is 3.34. The van der Waals surface area contributed by atoms with Gasteiger partial charge in [-0.1, -0.05) is 30.3 Å². The van der Waals surface area contributed by atoms with Crippen molar-refractivity contribution >= 4 is 17.3 Å². The number of carbonyl (C=O) groups excluding carboxylic acids is 1. The lowest BCUT2D eigenvalue weighted by Gasteiger charge is -2.17. The standard InChI is InChI=1S/C22H29N3O/c26-22(14-16-23-15-6-9-19-7-2-1-3-8-19)24-20-10-12-21(13-11-20)25-17-4-5-18-25/h1-3,7-8,10-13,23H,4-6,9,14-18H2,(H,24,26). The van der Waals surface area contributed by atoms with Crippen molar-refractivity contribution in [3.8, 4) is 0 Å². The smallest absolute Gasteiger partial charge is 0.225 e. The summed E-state index contributed by atoms with van der Waals surface area (Å²) < 4.78 is 0. The number of hydrogen-bond donors (Lipinski definition) is 2. The minimum Gasteiger partial charge on any atom is -0.372 e. The van der Waals surface area contributed by atoms with Crippen molar-refractivity contribution in [2.24, 2.45) is 0 Å². The molecule has 1 saturated heterocycles. The van der Waals surface area contributed by atoms with Crippen molar-refractivity contribution < 1.29 is 4.79 Å². The van der Waals surface area contributed by atoms with Gasteiger partial charge in [0, 0.05) is 37.4 Å². The van der Waals surface area contributed by atoms with E-state index >= 15 is 0 Å². The first-order chi connectivity index (χ1) is 12.8. The first-order valence-corrected chi connectivity index (χ1v) is 9.71. The first kappa shape index (κ1) is 18.5. The molecule has 26 heavy (non-hydrogen) atoms. The predicted molar refractivity (Wildman–Crippen MR) is 109 cm³/mol. The maximum atomic E-state index is 12.0. The largest absolute Gasteiger partial charge is 0.372 e. The molecule has 1 fully saturated rings. The van der Waals surface area contributed by atoms with E-state index in [4.69, 9.17) is 0 Å². The highest BCUT2D eigenvalue weighted by molar-refractivity contribution is 5.91. The van der Waals surface area contributed by atoms with Gasteiger partial charge in [-0.2, -0.15) is 0 Å². The normalized spacial score (nSPS) is 13.8. The van der Waals surface area contributed by atoms with Gasteiger partial charge in [0.05, 0.1) is 0 Å². The maximum Gasteiger partial charge on any atom is 0.225 e. The third-order valence-corrected chi connectivity index (χ3v) is 4.81. The molecule has 0 saturated carbocycles. The monoisotopic (exact) mass is 351 g/mol. The molecule has 138 valence electrons. The molecule has 4 heteroatoms. The number of carbonyl (C=O) groups is 1. The topological polar surface area (TPSA) is 44.4 Å². The summed E-state index contributed by atoms with van der Waals surface area (Å²) >= 11 is 0. The molecule has 0 radical (unpaired) electrons. The Kier molecular flexibility index (Phi) is 7.08. The molecular formula is C22H29N3O. The second-order valence-corrected chi connectivity index (χ2v) is 6.88. The molecule has 1 aliphatic heterocycles. The Balaban J connectivity index is 1.29. The third kappa shape index (κ3) is 5.88. The van der Waals surface area contributed by atoms with Gasteiger partial charge < -0.3 is 15.5 Å². The van der Waals surface area contributed by atoms with Crippen LogP contribution in [0.4, 0.5) is 11.4 Å². The van der Waals surface area contributed by atoms with Gasteiger partial charge in [-0.3, -0.25) is 4.79 Å². The van der Waals surface area contributed by atoms with Gasteiger partial charge in [0.25, 0.3) is 0 Å². The highest BCUT2D eigenvalue weighted by Crippen LogP contribution is 2.22. The molecule has 1 aliphatic rings. The lowest BCUT2D eigenvalue weighted by atomic mass is 10.1. The highest BCUT2D eigenvalue weighted by Gasteiger charge is 2.12. The van der Waals surface area contributed by atoms with Crippen molar-refractivity contribution in [2.75, 3.05) is 36.4 Å². The molecule has 0 aliphatic carbocycles. The van der Waals surface area contributed by atoms with E-state index in [1.54, 1.807) is 0 Å². The van der Waals surface area contributed by atoms with Crippen molar-refractivity contribution in [3.05, 3.63) is 60.2 Å². The number of nitrogens with one attached hydrogen (secondary N) is 2. The minimum absolute atomic E-state index is 0.0643. The lowest BCUT2D eigenvalue weighted by molar-refractivity contribution is -0.116. The summed E-state index contributed by atoms with van der Waals surface area (Å²) in [7, 11) is 0. The number of aryl methyl sites for hydroxylation is 1. The van der Waals surface area contributed by atoms with E-state index in [0.717, 1.165) is 38.2 Å². The van der Waals surface area contributed by atoms with Crippen LogP contribution in [0, 0.1) is 0 Å². The molecule has 2 aromatic rings. The average Bonchev–Trinajstić information content (AvgIpc) is 3.21. The van der Waals surface area contributed by atoms with E-state index in [1.165, 1.54) is 24.1 Å². The Labute approximate surface area is 156 Å². The van der Waals surface area contributed by atoms with Crippen molar-refractivity contribution in [2.45, 2.75) is 32.1 Å². The molecule has 0 aromatic heterocycles. The summed E-state index contributed by atoms with van der Waals surface area (Å²) in [5, 5.41) is 6.33. The second-order valence-electron chi connectivity index (χ2n) is 6.88. The van der Waals surface area contributed by atoms with Crippen LogP contribution in [0.15, 0.2) is 54.6 Å². The number of amides is 1. The number of benzene rings is 2. The van der Waals surface area contributed by atoms with Crippen LogP contribution in [0.1, 0.15) is 31.2 Å². The van der Waals surface area contributed by atoms with E-state index in [2.05, 4.69) is 51.9 Å². The molecule has 0 unspecified atom stereocenters. The number of nitrogens with zero attached hydrogens (tertiary/aromatic N) is 1. The molecule has 1 amide bonds. The SMILES string of the molecule is O=C(CCNCCCc1ccccc1)Nc1ccc(N2CCCC2)cc1. The second kappa shape index (κ2) is 9.97. The molecule has 2 aromatic carbocycles. The molecule has 4 nitrogen and oxygen atoms in total. The number of anilines is 2. The van der Waals surface area contributed by atoms with Crippen LogP contribution in [-0.2, 0) is 11.2 Å². The molecule has 0 spiro atoms. The Morgan fingerprint density at radius 3 is 2.38 bits per heavy atom. The van der Waals surface area contributed by atoms with E-state index in [1.807, 2.05) is 18.2 Å². The van der Waals surface area contributed by atoms with Crippen LogP contribution in [-0.4, -0.2) is 32.1 Å². The molecule has 0 atom stereocenters. The summed E-state index contributed by atoms with van der Waals surface area (Å²) in [5.41, 5.74) is 3.49. The van der Waals surface area contributed by atoms with Crippen LogP contribution in [0.25, 0.3) is 0 Å². The summed E-state index contributed by atoms with van der Waals surface area (Å²) in [6.07, 6.45) is 5.21. The zero-order valence-corrected chi connectivity index (χ0v) is 15.4. The zero-order chi connectivity index (χ0) is 18.0. The molecule has 2 N–H and O–H groups in total. The number of rotatable bonds is 9. The van der Waals surface area contributed by atoms with Crippen LogP contribution in [0.2, 0.25) is 0 Å². The fraction of sp³-hybridized carbons (Fsp3) is 0.409. The summed E-state index contributed by atoms with van der Waals surface area (Å²) in [5.74, 6) is 0.0643. The van der Waals surface area contributed by atoms with Gasteiger partial charge in [-0.05, 0) is 62.1 Å². The van der Waals surface area contributed by atoms with Crippen LogP contribution >= 0.6 is 0 Å². The van der Waals surface area contributed by atoms with Crippen LogP contribution < -0.4 is 15.5 Å². The highest BCUT2D eigenvalue weighted by atomic mass is 16.1. The fourth-order valence-corrected chi connectivity index (χ4v) is 3.34. The molecule has 0 bridgehead atoms. The van der Waals surface area contributed by atoms with Crippen LogP contribution in [0.5, 0.6) is 0 Å². The number of hydrogen-bond acceptors (Lipinski definition) is 3. The maximum absolute atomic E-state index is 12.0. The summed E-state index contributed by atoms with van der Waals surface area (Å²) in [6.45, 7) is 3.93. The van der Waals surface area contributed by atoms with Gasteiger partial charge in [0.1, 0.15) is 0 Å². The minimum atomic E-state index is 0.0643. The first-order valence-electron chi connectivity index (χ1n) is 9.71. The molecule has 1 heterocycles. The van der Waals surface area contributed by atoms with E-state index < -0.39 is 0 Å². The molecule has 3 rings (SSSR count). The Bertz CT molecular complexity index is 664. The van der Waals surface area contributed by atoms with Crippen molar-refractivity contribution in [3.63, 3.8) is 0 Å². The predicted octanol–water partition coefficient (Wildman–Crippen LogP) is 3.84. The van der Waals surface area contributed by atoms with Gasteiger partial charge in [0.15, 0.2) is 0 Å². The third-order valence-electron chi connectivity index (χ3n) is 4.81. The Morgan fingerprint density at radius 2 is 1.65 bits per heavy atom. The van der Waals surface area contributed by atoms with Gasteiger partial charge >= 0.3 is 0 Å². The zero-order valence-electron chi connectivity index (χ0n) is 15.4. The summed E-state index contributed by atoms with van der Waals surface area (Å²) in [6, 6.07) is 18.7. The summed E-state index contributed by atoms with van der Waals surface area (Å²) in [4.78, 5) is 14.4. The van der Waals surface area contributed by atoms with Crippen molar-refractivity contribution in [1.29, 1.82) is 0 Å². The molecular weight excluding hydrogens is 322 g/mol. The lowest BCUT2D eigenvalue weighted by Crippen LogP contribution is -2.23. The van der Waals surface area contributed by atoms with E-state index in [0.29, 0.717) is 13.0 Å². The van der Waals surface area contributed by atoms with Crippen LogP contribution in [0.3, 0.4) is 0 Å². The van der Waals surface area contributed by atoms with E-state index in [-0.39, 0.29) is 5.91 Å². The van der Waals surface area contributed by atoms with Gasteiger partial charge in [-0.25, -0.2) is 0 Å². The average molecular weight is 351 g/mol. The van der Waals surface area contributed by atoms with E-state index in [9.17, 15) is 4.79 Å². The van der Waals surface area contributed by atoms with Gasteiger partial charge in [-0.15, -0.1) is 0 Å². The Morgan fingerprint density at radius 1 is 0.923 bits per heavy atom. The van der Waals surface area contributed by atoms with Crippen molar-refractivity contribution in [1.82, 2.24) is 5.32 Å². The Hall–Kier alpha value is -2.33.